The van der Waals surface area contributed by atoms with Crippen molar-refractivity contribution in [3.05, 3.63) is 23.0 Å². The number of halogens is 2. The number of hydrogen-bond donors (Lipinski definition) is 1. The molecule has 1 aromatic rings. The third-order valence-electron chi connectivity index (χ3n) is 2.94. The van der Waals surface area contributed by atoms with Crippen LogP contribution in [0.1, 0.15) is 32.4 Å². The summed E-state index contributed by atoms with van der Waals surface area (Å²) >= 11 is 6.01. The number of unbranched alkanes of at least 4 members (excludes halogenated alkanes) is 1. The maximum atomic E-state index is 6.01. The van der Waals surface area contributed by atoms with Gasteiger partial charge in [-0.2, -0.15) is 0 Å². The topological polar surface area (TPSA) is 32.6 Å². The van der Waals surface area contributed by atoms with Crippen molar-refractivity contribution in [3.63, 3.8) is 0 Å². The number of guanidine groups is 1. The summed E-state index contributed by atoms with van der Waals surface area (Å²) in [4.78, 5) is 6.75. The molecular weight excluding hydrogens is 387 g/mol. The first-order chi connectivity index (χ1) is 9.08. The summed E-state index contributed by atoms with van der Waals surface area (Å²) in [6.45, 7) is 6.81. The summed E-state index contributed by atoms with van der Waals surface area (Å²) in [6.07, 6.45) is 4.21. The number of rotatable bonds is 6. The molecule has 0 spiro atoms. The number of hydrogen-bond acceptors (Lipinski definition) is 1. The lowest BCUT2D eigenvalue weighted by atomic mass is 10.3. The molecule has 0 fully saturated rings. The number of nitrogens with zero attached hydrogens (tertiary/aromatic N) is 3. The lowest BCUT2D eigenvalue weighted by molar-refractivity contribution is 0.461. The molecule has 0 aliphatic carbocycles. The maximum Gasteiger partial charge on any atom is 0.194 e. The van der Waals surface area contributed by atoms with Crippen LogP contribution in [-0.2, 0) is 13.6 Å². The fraction of sp³-hybridized carbons (Fsp3) is 0.643. The minimum Gasteiger partial charge on any atom is -0.357 e. The van der Waals surface area contributed by atoms with E-state index in [-0.39, 0.29) is 24.0 Å². The van der Waals surface area contributed by atoms with Gasteiger partial charge in [0.25, 0.3) is 0 Å². The standard InChI is InChI=1S/C14H25ClN4.HI/c1-5-7-8-17-14(16-6-2)19(4)11-13-9-12(15)10-18(13)3;/h9-10H,5-8,11H2,1-4H3,(H,16,17);1H. The Hall–Kier alpha value is -0.430. The lowest BCUT2D eigenvalue weighted by Crippen LogP contribution is -2.38. The highest BCUT2D eigenvalue weighted by atomic mass is 127. The van der Waals surface area contributed by atoms with Crippen molar-refractivity contribution >= 4 is 41.5 Å². The summed E-state index contributed by atoms with van der Waals surface area (Å²) in [7, 11) is 4.06. The van der Waals surface area contributed by atoms with Gasteiger partial charge in [-0.1, -0.05) is 24.9 Å². The zero-order valence-electron chi connectivity index (χ0n) is 12.8. The number of aryl methyl sites for hydroxylation is 1. The van der Waals surface area contributed by atoms with Crippen molar-refractivity contribution in [1.29, 1.82) is 0 Å². The average molecular weight is 413 g/mol. The quantitative estimate of drug-likeness (QED) is 0.336. The Balaban J connectivity index is 0.00000361. The van der Waals surface area contributed by atoms with Crippen LogP contribution in [0.4, 0.5) is 0 Å². The zero-order valence-corrected chi connectivity index (χ0v) is 15.9. The van der Waals surface area contributed by atoms with Crippen LogP contribution in [-0.4, -0.2) is 35.6 Å². The largest absolute Gasteiger partial charge is 0.357 e. The van der Waals surface area contributed by atoms with Crippen LogP contribution in [0, 0.1) is 0 Å². The molecule has 0 atom stereocenters. The Morgan fingerprint density at radius 1 is 1.45 bits per heavy atom. The van der Waals surface area contributed by atoms with Crippen molar-refractivity contribution in [2.75, 3.05) is 20.1 Å². The first kappa shape index (κ1) is 19.6. The molecular formula is C14H26ClIN4. The smallest absolute Gasteiger partial charge is 0.194 e. The van der Waals surface area contributed by atoms with Gasteiger partial charge in [-0.3, -0.25) is 4.99 Å². The fourth-order valence-electron chi connectivity index (χ4n) is 1.85. The highest BCUT2D eigenvalue weighted by Crippen LogP contribution is 2.14. The van der Waals surface area contributed by atoms with E-state index in [1.165, 1.54) is 12.1 Å². The Bertz CT molecular complexity index is 417. The van der Waals surface area contributed by atoms with Gasteiger partial charge in [-0.15, -0.1) is 24.0 Å². The third kappa shape index (κ3) is 6.35. The van der Waals surface area contributed by atoms with Crippen molar-refractivity contribution < 1.29 is 0 Å². The van der Waals surface area contributed by atoms with Gasteiger partial charge in [-0.25, -0.2) is 0 Å². The second-order valence-corrected chi connectivity index (χ2v) is 5.14. The van der Waals surface area contributed by atoms with E-state index in [1.807, 2.05) is 26.4 Å². The Labute approximate surface area is 144 Å². The highest BCUT2D eigenvalue weighted by molar-refractivity contribution is 14.0. The first-order valence-corrected chi connectivity index (χ1v) is 7.26. The van der Waals surface area contributed by atoms with Crippen LogP contribution in [0.5, 0.6) is 0 Å². The molecule has 1 rings (SSSR count). The van der Waals surface area contributed by atoms with E-state index in [9.17, 15) is 0 Å². The molecule has 116 valence electrons. The molecule has 4 nitrogen and oxygen atoms in total. The molecule has 0 aromatic carbocycles. The normalized spacial score (nSPS) is 11.2. The van der Waals surface area contributed by atoms with E-state index in [4.69, 9.17) is 11.6 Å². The maximum absolute atomic E-state index is 6.01. The first-order valence-electron chi connectivity index (χ1n) is 6.88. The summed E-state index contributed by atoms with van der Waals surface area (Å²) in [5.41, 5.74) is 1.17. The van der Waals surface area contributed by atoms with Gasteiger partial charge >= 0.3 is 0 Å². The molecule has 0 radical (unpaired) electrons. The van der Waals surface area contributed by atoms with Crippen molar-refractivity contribution in [1.82, 2.24) is 14.8 Å². The van der Waals surface area contributed by atoms with Crippen LogP contribution in [0.25, 0.3) is 0 Å². The summed E-state index contributed by atoms with van der Waals surface area (Å²) in [5.74, 6) is 0.952. The second-order valence-electron chi connectivity index (χ2n) is 4.71. The Morgan fingerprint density at radius 2 is 2.15 bits per heavy atom. The van der Waals surface area contributed by atoms with Gasteiger partial charge in [0.1, 0.15) is 0 Å². The van der Waals surface area contributed by atoms with E-state index in [0.29, 0.717) is 0 Å². The fourth-order valence-corrected chi connectivity index (χ4v) is 2.13. The number of nitrogens with one attached hydrogen (secondary N) is 1. The Morgan fingerprint density at radius 3 is 2.65 bits per heavy atom. The van der Waals surface area contributed by atoms with Gasteiger partial charge < -0.3 is 14.8 Å². The molecule has 1 aromatic heterocycles. The van der Waals surface area contributed by atoms with Crippen molar-refractivity contribution in [2.24, 2.45) is 12.0 Å². The molecule has 0 amide bonds. The van der Waals surface area contributed by atoms with Crippen molar-refractivity contribution in [3.8, 4) is 0 Å². The molecule has 0 bridgehead atoms. The lowest BCUT2D eigenvalue weighted by Gasteiger charge is -2.22. The molecule has 20 heavy (non-hydrogen) atoms. The predicted octanol–water partition coefficient (Wildman–Crippen LogP) is 3.49. The van der Waals surface area contributed by atoms with Gasteiger partial charge in [0.05, 0.1) is 11.6 Å². The number of aromatic nitrogens is 1. The Kier molecular flexibility index (Phi) is 10.1. The van der Waals surface area contributed by atoms with E-state index in [2.05, 4.69) is 33.6 Å². The molecule has 0 aliphatic heterocycles. The summed E-state index contributed by atoms with van der Waals surface area (Å²) < 4.78 is 2.05. The minimum atomic E-state index is 0. The SMILES string of the molecule is CCCCN=C(NCC)N(C)Cc1cc(Cl)cn1C.I. The van der Waals surface area contributed by atoms with E-state index in [0.717, 1.165) is 37.0 Å². The minimum absolute atomic E-state index is 0. The van der Waals surface area contributed by atoms with Crippen LogP contribution in [0.15, 0.2) is 17.3 Å². The van der Waals surface area contributed by atoms with Crippen molar-refractivity contribution in [2.45, 2.75) is 33.2 Å². The zero-order chi connectivity index (χ0) is 14.3. The highest BCUT2D eigenvalue weighted by Gasteiger charge is 2.09. The molecule has 0 unspecified atom stereocenters. The predicted molar refractivity (Wildman–Crippen MR) is 98.2 cm³/mol. The average Bonchev–Trinajstić information content (AvgIpc) is 2.67. The number of aliphatic imine (C=N–C) groups is 1. The van der Waals surface area contributed by atoms with E-state index >= 15 is 0 Å². The van der Waals surface area contributed by atoms with Crippen LogP contribution in [0.3, 0.4) is 0 Å². The van der Waals surface area contributed by atoms with Gasteiger partial charge in [0, 0.05) is 39.1 Å². The summed E-state index contributed by atoms with van der Waals surface area (Å²) in [5, 5.41) is 4.10. The van der Waals surface area contributed by atoms with Crippen LogP contribution in [0.2, 0.25) is 5.02 Å². The third-order valence-corrected chi connectivity index (χ3v) is 3.15. The molecule has 6 heteroatoms. The second kappa shape index (κ2) is 10.3. The van der Waals surface area contributed by atoms with Crippen LogP contribution >= 0.6 is 35.6 Å². The van der Waals surface area contributed by atoms with Crippen LogP contribution < -0.4 is 5.32 Å². The monoisotopic (exact) mass is 412 g/mol. The van der Waals surface area contributed by atoms with Gasteiger partial charge in [0.2, 0.25) is 0 Å². The molecule has 0 aliphatic rings. The van der Waals surface area contributed by atoms with E-state index in [1.54, 1.807) is 0 Å². The molecule has 1 heterocycles. The molecule has 1 N–H and O–H groups in total. The van der Waals surface area contributed by atoms with Gasteiger partial charge in [-0.05, 0) is 19.4 Å². The van der Waals surface area contributed by atoms with Gasteiger partial charge in [0.15, 0.2) is 5.96 Å². The molecule has 0 saturated heterocycles. The summed E-state index contributed by atoms with van der Waals surface area (Å²) in [6, 6.07) is 1.99. The molecule has 0 saturated carbocycles. The van der Waals surface area contributed by atoms with E-state index < -0.39 is 0 Å².